The maximum atomic E-state index is 13.4. The van der Waals surface area contributed by atoms with Gasteiger partial charge in [0.1, 0.15) is 5.82 Å². The van der Waals surface area contributed by atoms with Crippen molar-refractivity contribution in [1.29, 1.82) is 0 Å². The van der Waals surface area contributed by atoms with Gasteiger partial charge in [0.15, 0.2) is 0 Å². The molecule has 1 heterocycles. The molecule has 0 amide bonds. The standard InChI is InChI=1S/C11H13FN4.ClH/c1-8-3-2-4-10(12)9(8)7-15-16-11-13-5-6-14-11;/h2-4,7H,5-6H2,1H3,(H2,13,14,16);1H/b15-7+;. The van der Waals surface area contributed by atoms with Gasteiger partial charge in [-0.2, -0.15) is 5.10 Å². The minimum atomic E-state index is -0.271. The molecule has 0 fully saturated rings. The second-order valence-corrected chi connectivity index (χ2v) is 3.50. The lowest BCUT2D eigenvalue weighted by Gasteiger charge is -2.02. The third-order valence-corrected chi connectivity index (χ3v) is 2.31. The number of rotatable bonds is 2. The van der Waals surface area contributed by atoms with Gasteiger partial charge in [0.25, 0.3) is 0 Å². The Balaban J connectivity index is 0.00000144. The van der Waals surface area contributed by atoms with Gasteiger partial charge in [-0.15, -0.1) is 12.4 Å². The summed E-state index contributed by atoms with van der Waals surface area (Å²) in [5, 5.41) is 6.94. The van der Waals surface area contributed by atoms with Gasteiger partial charge in [-0.25, -0.2) is 14.8 Å². The summed E-state index contributed by atoms with van der Waals surface area (Å²) >= 11 is 0. The Labute approximate surface area is 105 Å². The number of benzene rings is 1. The van der Waals surface area contributed by atoms with Gasteiger partial charge in [0.2, 0.25) is 5.96 Å². The summed E-state index contributed by atoms with van der Waals surface area (Å²) in [5.41, 5.74) is 4.07. The first-order chi connectivity index (χ1) is 7.77. The Kier molecular flexibility index (Phi) is 4.90. The Hall–Kier alpha value is -1.62. The van der Waals surface area contributed by atoms with Crippen molar-refractivity contribution >= 4 is 24.6 Å². The van der Waals surface area contributed by atoms with Crippen LogP contribution in [0.2, 0.25) is 0 Å². The molecule has 0 saturated heterocycles. The molecule has 0 saturated carbocycles. The van der Waals surface area contributed by atoms with Gasteiger partial charge in [0.05, 0.1) is 12.8 Å². The molecule has 1 aromatic rings. The van der Waals surface area contributed by atoms with Gasteiger partial charge in [0, 0.05) is 12.1 Å². The molecule has 17 heavy (non-hydrogen) atoms. The Bertz CT molecular complexity index is 425. The number of aryl methyl sites for hydroxylation is 1. The van der Waals surface area contributed by atoms with Gasteiger partial charge in [-0.05, 0) is 18.6 Å². The van der Waals surface area contributed by atoms with Crippen LogP contribution in [0.1, 0.15) is 11.1 Å². The third kappa shape index (κ3) is 3.42. The summed E-state index contributed by atoms with van der Waals surface area (Å²) in [5.74, 6) is 0.358. The van der Waals surface area contributed by atoms with Crippen molar-refractivity contribution in [3.05, 3.63) is 35.1 Å². The van der Waals surface area contributed by atoms with Crippen LogP contribution in [0.4, 0.5) is 4.39 Å². The predicted molar refractivity (Wildman–Crippen MR) is 69.4 cm³/mol. The average molecular weight is 257 g/mol. The molecular formula is C11H14ClFN4. The van der Waals surface area contributed by atoms with Crippen molar-refractivity contribution in [2.75, 3.05) is 13.1 Å². The number of guanidine groups is 1. The molecule has 0 atom stereocenters. The van der Waals surface area contributed by atoms with Crippen LogP contribution < -0.4 is 10.7 Å². The zero-order valence-corrected chi connectivity index (χ0v) is 10.2. The highest BCUT2D eigenvalue weighted by atomic mass is 35.5. The summed E-state index contributed by atoms with van der Waals surface area (Å²) in [6, 6.07) is 4.94. The van der Waals surface area contributed by atoms with Crippen LogP contribution in [0, 0.1) is 12.7 Å². The molecule has 6 heteroatoms. The van der Waals surface area contributed by atoms with E-state index in [1.54, 1.807) is 6.07 Å². The van der Waals surface area contributed by atoms with Crippen LogP contribution in [-0.4, -0.2) is 25.3 Å². The molecule has 0 spiro atoms. The normalized spacial score (nSPS) is 14.1. The number of hydrazone groups is 1. The van der Waals surface area contributed by atoms with E-state index in [0.29, 0.717) is 11.5 Å². The average Bonchev–Trinajstić information content (AvgIpc) is 2.75. The minimum Gasteiger partial charge on any atom is -0.353 e. The first-order valence-electron chi connectivity index (χ1n) is 5.10. The maximum absolute atomic E-state index is 13.4. The first kappa shape index (κ1) is 13.4. The molecule has 0 aromatic heterocycles. The summed E-state index contributed by atoms with van der Waals surface area (Å²) in [4.78, 5) is 4.10. The SMILES string of the molecule is Cc1cccc(F)c1/C=N/NC1=NCCN1.Cl. The molecule has 0 unspecified atom stereocenters. The van der Waals surface area contributed by atoms with E-state index >= 15 is 0 Å². The fourth-order valence-corrected chi connectivity index (χ4v) is 1.44. The highest BCUT2D eigenvalue weighted by Crippen LogP contribution is 2.09. The number of hydrogen-bond acceptors (Lipinski definition) is 4. The number of hydrogen-bond donors (Lipinski definition) is 2. The molecule has 4 nitrogen and oxygen atoms in total. The van der Waals surface area contributed by atoms with Gasteiger partial charge in [-0.3, -0.25) is 0 Å². The zero-order valence-electron chi connectivity index (χ0n) is 9.40. The molecule has 1 aliphatic rings. The minimum absolute atomic E-state index is 0. The summed E-state index contributed by atoms with van der Waals surface area (Å²) < 4.78 is 13.4. The monoisotopic (exact) mass is 256 g/mol. The molecule has 2 rings (SSSR count). The van der Waals surface area contributed by atoms with Crippen molar-refractivity contribution in [3.8, 4) is 0 Å². The summed E-state index contributed by atoms with van der Waals surface area (Å²) in [7, 11) is 0. The van der Waals surface area contributed by atoms with Crippen LogP contribution >= 0.6 is 12.4 Å². The first-order valence-corrected chi connectivity index (χ1v) is 5.10. The topological polar surface area (TPSA) is 48.8 Å². The third-order valence-electron chi connectivity index (χ3n) is 2.31. The fraction of sp³-hybridized carbons (Fsp3) is 0.273. The van der Waals surface area contributed by atoms with Crippen LogP contribution in [0.3, 0.4) is 0 Å². The number of nitrogens with one attached hydrogen (secondary N) is 2. The Morgan fingerprint density at radius 2 is 2.35 bits per heavy atom. The molecule has 0 bridgehead atoms. The number of halogens is 2. The van der Waals surface area contributed by atoms with Crippen molar-refractivity contribution in [2.24, 2.45) is 10.1 Å². The molecule has 0 aliphatic carbocycles. The van der Waals surface area contributed by atoms with Crippen LogP contribution in [0.15, 0.2) is 28.3 Å². The van der Waals surface area contributed by atoms with Crippen LogP contribution in [-0.2, 0) is 0 Å². The van der Waals surface area contributed by atoms with E-state index in [9.17, 15) is 4.39 Å². The van der Waals surface area contributed by atoms with Gasteiger partial charge >= 0.3 is 0 Å². The van der Waals surface area contributed by atoms with Crippen molar-refractivity contribution in [2.45, 2.75) is 6.92 Å². The quantitative estimate of drug-likeness (QED) is 0.621. The van der Waals surface area contributed by atoms with Crippen molar-refractivity contribution in [1.82, 2.24) is 10.7 Å². The van der Waals surface area contributed by atoms with E-state index < -0.39 is 0 Å². The lowest BCUT2D eigenvalue weighted by atomic mass is 10.1. The van der Waals surface area contributed by atoms with E-state index in [0.717, 1.165) is 18.7 Å². The maximum Gasteiger partial charge on any atom is 0.212 e. The lowest BCUT2D eigenvalue weighted by molar-refractivity contribution is 0.624. The summed E-state index contributed by atoms with van der Waals surface area (Å²) in [6.07, 6.45) is 1.47. The molecule has 1 aliphatic heterocycles. The van der Waals surface area contributed by atoms with E-state index in [4.69, 9.17) is 0 Å². The van der Waals surface area contributed by atoms with E-state index in [-0.39, 0.29) is 18.2 Å². The van der Waals surface area contributed by atoms with Gasteiger partial charge < -0.3 is 5.32 Å². The lowest BCUT2D eigenvalue weighted by Crippen LogP contribution is -2.30. The predicted octanol–water partition coefficient (Wildman–Crippen LogP) is 1.44. The van der Waals surface area contributed by atoms with E-state index in [1.165, 1.54) is 12.3 Å². The molecule has 2 N–H and O–H groups in total. The Morgan fingerprint density at radius 1 is 1.53 bits per heavy atom. The number of aliphatic imine (C=N–C) groups is 1. The molecule has 92 valence electrons. The van der Waals surface area contributed by atoms with E-state index in [1.807, 2.05) is 13.0 Å². The zero-order chi connectivity index (χ0) is 11.4. The molecule has 0 radical (unpaired) electrons. The van der Waals surface area contributed by atoms with Crippen LogP contribution in [0.25, 0.3) is 0 Å². The Morgan fingerprint density at radius 3 is 3.00 bits per heavy atom. The van der Waals surface area contributed by atoms with Crippen LogP contribution in [0.5, 0.6) is 0 Å². The smallest absolute Gasteiger partial charge is 0.212 e. The second kappa shape index (κ2) is 6.20. The molecular weight excluding hydrogens is 243 g/mol. The molecule has 1 aromatic carbocycles. The van der Waals surface area contributed by atoms with Crippen molar-refractivity contribution in [3.63, 3.8) is 0 Å². The number of nitrogens with zero attached hydrogens (tertiary/aromatic N) is 2. The second-order valence-electron chi connectivity index (χ2n) is 3.50. The van der Waals surface area contributed by atoms with Crippen molar-refractivity contribution < 1.29 is 4.39 Å². The van der Waals surface area contributed by atoms with E-state index in [2.05, 4.69) is 20.8 Å². The highest BCUT2D eigenvalue weighted by molar-refractivity contribution is 5.86. The largest absolute Gasteiger partial charge is 0.353 e. The van der Waals surface area contributed by atoms with Gasteiger partial charge in [-0.1, -0.05) is 12.1 Å². The summed E-state index contributed by atoms with van der Waals surface area (Å²) in [6.45, 7) is 3.41. The highest BCUT2D eigenvalue weighted by Gasteiger charge is 2.03. The fourth-order valence-electron chi connectivity index (χ4n) is 1.44.